The molecule has 0 aliphatic rings. The molecule has 0 spiro atoms. The molecule has 2 rings (SSSR count). The van der Waals surface area contributed by atoms with Gasteiger partial charge in [0.15, 0.2) is 5.82 Å². The number of rotatable bonds is 0. The molecule has 0 atom stereocenters. The van der Waals surface area contributed by atoms with Crippen molar-refractivity contribution in [3.05, 3.63) is 28.5 Å². The van der Waals surface area contributed by atoms with Gasteiger partial charge in [0.2, 0.25) is 5.78 Å². The van der Waals surface area contributed by atoms with Gasteiger partial charge in [-0.05, 0) is 22.9 Å². The van der Waals surface area contributed by atoms with Crippen LogP contribution in [0.15, 0.2) is 17.0 Å². The van der Waals surface area contributed by atoms with E-state index >= 15 is 0 Å². The number of aromatic nitrogens is 3. The van der Waals surface area contributed by atoms with Gasteiger partial charge in [-0.25, -0.2) is 14.4 Å². The second kappa shape index (κ2) is 2.52. The highest BCUT2D eigenvalue weighted by atomic mass is 79.9. The fourth-order valence-corrected chi connectivity index (χ4v) is 1.31. The van der Waals surface area contributed by atoms with Crippen LogP contribution in [-0.4, -0.2) is 14.4 Å². The highest BCUT2D eigenvalue weighted by Crippen LogP contribution is 2.13. The van der Waals surface area contributed by atoms with Crippen LogP contribution in [0.3, 0.4) is 0 Å². The van der Waals surface area contributed by atoms with Crippen molar-refractivity contribution >= 4 is 21.7 Å². The quantitative estimate of drug-likeness (QED) is 0.692. The van der Waals surface area contributed by atoms with Gasteiger partial charge < -0.3 is 0 Å². The van der Waals surface area contributed by atoms with E-state index in [9.17, 15) is 4.39 Å². The highest BCUT2D eigenvalue weighted by Gasteiger charge is 2.05. The summed E-state index contributed by atoms with van der Waals surface area (Å²) in [4.78, 5) is 7.90. The highest BCUT2D eigenvalue weighted by molar-refractivity contribution is 9.10. The van der Waals surface area contributed by atoms with Gasteiger partial charge >= 0.3 is 0 Å². The van der Waals surface area contributed by atoms with Crippen LogP contribution in [0.25, 0.3) is 5.78 Å². The number of fused-ring (bicyclic) bond motifs is 1. The van der Waals surface area contributed by atoms with Gasteiger partial charge in [-0.2, -0.15) is 0 Å². The molecule has 0 radical (unpaired) electrons. The molecule has 0 saturated heterocycles. The summed E-state index contributed by atoms with van der Waals surface area (Å²) in [7, 11) is 0. The standard InChI is InChI=1S/C7H5BrFN3/c1-4-5(9)3-12-6(8)2-10-7(12)11-4/h2-3H,1H3. The van der Waals surface area contributed by atoms with E-state index in [1.165, 1.54) is 6.20 Å². The summed E-state index contributed by atoms with van der Waals surface area (Å²) < 4.78 is 15.2. The zero-order valence-electron chi connectivity index (χ0n) is 6.25. The number of nitrogens with zero attached hydrogens (tertiary/aromatic N) is 3. The minimum atomic E-state index is -0.332. The van der Waals surface area contributed by atoms with Crippen LogP contribution in [0.4, 0.5) is 4.39 Å². The van der Waals surface area contributed by atoms with E-state index in [2.05, 4.69) is 25.9 Å². The van der Waals surface area contributed by atoms with Crippen molar-refractivity contribution in [1.29, 1.82) is 0 Å². The van der Waals surface area contributed by atoms with E-state index in [0.717, 1.165) is 0 Å². The van der Waals surface area contributed by atoms with Crippen LogP contribution in [0.2, 0.25) is 0 Å². The molecular formula is C7H5BrFN3. The van der Waals surface area contributed by atoms with Crippen LogP contribution < -0.4 is 0 Å². The molecule has 2 aromatic rings. The Kier molecular flexibility index (Phi) is 1.61. The predicted octanol–water partition coefficient (Wildman–Crippen LogP) is 1.94. The summed E-state index contributed by atoms with van der Waals surface area (Å²) in [6.07, 6.45) is 2.94. The maximum atomic E-state index is 13.0. The lowest BCUT2D eigenvalue weighted by atomic mass is 10.4. The Hall–Kier alpha value is -0.970. The molecule has 2 heterocycles. The number of hydrogen-bond acceptors (Lipinski definition) is 2. The second-order valence-corrected chi connectivity index (χ2v) is 3.24. The third-order valence-corrected chi connectivity index (χ3v) is 2.17. The summed E-state index contributed by atoms with van der Waals surface area (Å²) in [6, 6.07) is 0. The van der Waals surface area contributed by atoms with Crippen molar-refractivity contribution in [2.75, 3.05) is 0 Å². The third-order valence-electron chi connectivity index (χ3n) is 1.59. The fourth-order valence-electron chi connectivity index (χ4n) is 0.943. The Balaban J connectivity index is 2.87. The van der Waals surface area contributed by atoms with Crippen molar-refractivity contribution in [3.8, 4) is 0 Å². The first kappa shape index (κ1) is 7.67. The molecule has 2 aromatic heterocycles. The summed E-state index contributed by atoms with van der Waals surface area (Å²) in [5.41, 5.74) is 0.362. The van der Waals surface area contributed by atoms with Gasteiger partial charge in [0.25, 0.3) is 0 Å². The maximum Gasteiger partial charge on any atom is 0.235 e. The zero-order valence-corrected chi connectivity index (χ0v) is 7.84. The summed E-state index contributed by atoms with van der Waals surface area (Å²) in [5.74, 6) is 0.168. The average Bonchev–Trinajstić information content (AvgIpc) is 2.35. The van der Waals surface area contributed by atoms with Gasteiger partial charge in [-0.1, -0.05) is 0 Å². The van der Waals surface area contributed by atoms with E-state index in [1.807, 2.05) is 0 Å². The second-order valence-electron chi connectivity index (χ2n) is 2.43. The van der Waals surface area contributed by atoms with Gasteiger partial charge in [0, 0.05) is 0 Å². The van der Waals surface area contributed by atoms with Gasteiger partial charge in [0.1, 0.15) is 4.60 Å². The average molecular weight is 230 g/mol. The van der Waals surface area contributed by atoms with Gasteiger partial charge in [-0.15, -0.1) is 0 Å². The molecule has 0 saturated carbocycles. The lowest BCUT2D eigenvalue weighted by molar-refractivity contribution is 0.599. The van der Waals surface area contributed by atoms with Crippen molar-refractivity contribution in [2.45, 2.75) is 6.92 Å². The van der Waals surface area contributed by atoms with Crippen LogP contribution in [0, 0.1) is 12.7 Å². The molecule has 62 valence electrons. The van der Waals surface area contributed by atoms with Crippen LogP contribution in [0.5, 0.6) is 0 Å². The maximum absolute atomic E-state index is 13.0. The molecule has 12 heavy (non-hydrogen) atoms. The largest absolute Gasteiger partial charge is 0.275 e. The summed E-state index contributed by atoms with van der Waals surface area (Å²) >= 11 is 3.22. The molecule has 0 amide bonds. The normalized spacial score (nSPS) is 10.9. The minimum Gasteiger partial charge on any atom is -0.275 e. The number of hydrogen-bond donors (Lipinski definition) is 0. The van der Waals surface area contributed by atoms with Crippen molar-refractivity contribution in [3.63, 3.8) is 0 Å². The minimum absolute atomic E-state index is 0.332. The molecule has 0 unspecified atom stereocenters. The van der Waals surface area contributed by atoms with E-state index in [4.69, 9.17) is 0 Å². The first-order valence-electron chi connectivity index (χ1n) is 3.34. The zero-order chi connectivity index (χ0) is 8.72. The Morgan fingerprint density at radius 1 is 1.58 bits per heavy atom. The molecule has 0 aromatic carbocycles. The fraction of sp³-hybridized carbons (Fsp3) is 0.143. The molecule has 0 N–H and O–H groups in total. The Morgan fingerprint density at radius 2 is 2.33 bits per heavy atom. The van der Waals surface area contributed by atoms with E-state index in [-0.39, 0.29) is 5.82 Å². The van der Waals surface area contributed by atoms with Crippen molar-refractivity contribution in [2.24, 2.45) is 0 Å². The molecule has 0 aliphatic carbocycles. The van der Waals surface area contributed by atoms with Crippen LogP contribution in [-0.2, 0) is 0 Å². The molecule has 0 bridgehead atoms. The predicted molar refractivity (Wildman–Crippen MR) is 45.4 cm³/mol. The van der Waals surface area contributed by atoms with E-state index in [1.54, 1.807) is 17.5 Å². The lowest BCUT2D eigenvalue weighted by Gasteiger charge is -1.97. The molecule has 0 aliphatic heterocycles. The summed E-state index contributed by atoms with van der Waals surface area (Å²) in [6.45, 7) is 1.61. The molecule has 0 fully saturated rings. The first-order valence-corrected chi connectivity index (χ1v) is 4.13. The molecular weight excluding hydrogens is 225 g/mol. The van der Waals surface area contributed by atoms with Gasteiger partial charge in [0.05, 0.1) is 18.1 Å². The number of aryl methyl sites for hydroxylation is 1. The van der Waals surface area contributed by atoms with E-state index < -0.39 is 0 Å². The number of imidazole rings is 1. The molecule has 3 nitrogen and oxygen atoms in total. The molecule has 5 heteroatoms. The van der Waals surface area contributed by atoms with Crippen LogP contribution >= 0.6 is 15.9 Å². The first-order chi connectivity index (χ1) is 5.68. The van der Waals surface area contributed by atoms with Gasteiger partial charge in [-0.3, -0.25) is 4.40 Å². The Labute approximate surface area is 76.4 Å². The van der Waals surface area contributed by atoms with E-state index in [0.29, 0.717) is 16.1 Å². The topological polar surface area (TPSA) is 30.2 Å². The van der Waals surface area contributed by atoms with Crippen LogP contribution in [0.1, 0.15) is 5.69 Å². The monoisotopic (exact) mass is 229 g/mol. The van der Waals surface area contributed by atoms with Crippen molar-refractivity contribution < 1.29 is 4.39 Å². The smallest absolute Gasteiger partial charge is 0.235 e. The Morgan fingerprint density at radius 3 is 3.08 bits per heavy atom. The SMILES string of the molecule is Cc1nc2ncc(Br)n2cc1F. The lowest BCUT2D eigenvalue weighted by Crippen LogP contribution is -1.95. The Bertz CT molecular complexity index is 437. The summed E-state index contributed by atoms with van der Waals surface area (Å²) in [5, 5.41) is 0. The third kappa shape index (κ3) is 1.01. The number of halogens is 2. The van der Waals surface area contributed by atoms with Crippen molar-refractivity contribution in [1.82, 2.24) is 14.4 Å².